The number of nitrogens with one attached hydrogen (secondary N) is 1. The molecule has 0 atom stereocenters. The summed E-state index contributed by atoms with van der Waals surface area (Å²) in [5, 5.41) is 7.70. The van der Waals surface area contributed by atoms with Gasteiger partial charge in [-0.25, -0.2) is 14.2 Å². The molecule has 10 nitrogen and oxygen atoms in total. The van der Waals surface area contributed by atoms with Gasteiger partial charge in [-0.1, -0.05) is 18.2 Å². The predicted octanol–water partition coefficient (Wildman–Crippen LogP) is 1.98. The summed E-state index contributed by atoms with van der Waals surface area (Å²) in [7, 11) is 5.06. The van der Waals surface area contributed by atoms with Crippen molar-refractivity contribution in [3.63, 3.8) is 0 Å². The zero-order valence-corrected chi connectivity index (χ0v) is 17.6. The Morgan fingerprint density at radius 1 is 1.40 bits per heavy atom. The van der Waals surface area contributed by atoms with Crippen LogP contribution < -0.4 is 15.7 Å². The number of hydrogen-bond donors (Lipinski definition) is 1. The molecule has 1 fully saturated rings. The normalized spacial score (nSPS) is 18.1. The number of anilines is 2. The number of aryl methyl sites for hydroxylation is 1. The number of ether oxygens (including phenoxy) is 1. The maximum atomic E-state index is 13.1. The van der Waals surface area contributed by atoms with Gasteiger partial charge >= 0.3 is 5.69 Å². The van der Waals surface area contributed by atoms with E-state index in [1.807, 2.05) is 0 Å². The van der Waals surface area contributed by atoms with E-state index in [-0.39, 0.29) is 28.8 Å². The maximum Gasteiger partial charge on any atom is 0.335 e. The molecule has 11 heteroatoms. The van der Waals surface area contributed by atoms with Gasteiger partial charge in [0.2, 0.25) is 5.91 Å². The minimum atomic E-state index is -0.280. The average Bonchev–Trinajstić information content (AvgIpc) is 3.25. The number of methoxy groups -OCH3 is 1. The lowest BCUT2D eigenvalue weighted by atomic mass is 9.85. The van der Waals surface area contributed by atoms with E-state index in [1.54, 1.807) is 40.6 Å². The van der Waals surface area contributed by atoms with Crippen LogP contribution in [-0.4, -0.2) is 54.7 Å². The number of rotatable bonds is 6. The third-order valence-corrected chi connectivity index (χ3v) is 5.72. The summed E-state index contributed by atoms with van der Waals surface area (Å²) in [4.78, 5) is 30.9. The Kier molecular flexibility index (Phi) is 5.02. The highest BCUT2D eigenvalue weighted by Gasteiger charge is 2.36. The lowest BCUT2D eigenvalue weighted by molar-refractivity contribution is -0.129. The molecule has 1 amide bonds. The van der Waals surface area contributed by atoms with E-state index < -0.39 is 0 Å². The number of carbonyl (C=O) groups is 1. The standard InChI is InChI=1S/C19H22ClN7O3/c1-5-16(28)25(3)11-6-12(7-11)26-10-13(17-21-8-15(20)27(17)19(26)29)22-14-9-24(2)23-18(14)30-4/h5,8-12,22H,1,6-7H2,2-4H3. The van der Waals surface area contributed by atoms with Crippen molar-refractivity contribution in [1.29, 1.82) is 0 Å². The lowest BCUT2D eigenvalue weighted by Crippen LogP contribution is -2.48. The first kappa shape index (κ1) is 20.0. The zero-order chi connectivity index (χ0) is 21.6. The Labute approximate surface area is 177 Å². The van der Waals surface area contributed by atoms with Crippen LogP contribution in [-0.2, 0) is 11.8 Å². The largest absolute Gasteiger partial charge is 0.478 e. The maximum absolute atomic E-state index is 13.1. The zero-order valence-electron chi connectivity index (χ0n) is 16.9. The highest BCUT2D eigenvalue weighted by molar-refractivity contribution is 6.29. The van der Waals surface area contributed by atoms with Gasteiger partial charge in [-0.3, -0.25) is 14.0 Å². The molecule has 1 aliphatic carbocycles. The minimum absolute atomic E-state index is 0.0520. The molecule has 3 aromatic rings. The fourth-order valence-electron chi connectivity index (χ4n) is 3.70. The number of hydrogen-bond acceptors (Lipinski definition) is 6. The Balaban J connectivity index is 1.71. The minimum Gasteiger partial charge on any atom is -0.478 e. The molecule has 0 radical (unpaired) electrons. The fourth-order valence-corrected chi connectivity index (χ4v) is 3.90. The summed E-state index contributed by atoms with van der Waals surface area (Å²) in [6, 6.07) is -0.0158. The summed E-state index contributed by atoms with van der Waals surface area (Å²) < 4.78 is 9.92. The highest BCUT2D eigenvalue weighted by atomic mass is 35.5. The first-order chi connectivity index (χ1) is 14.3. The van der Waals surface area contributed by atoms with Gasteiger partial charge in [-0.15, -0.1) is 5.10 Å². The van der Waals surface area contributed by atoms with Gasteiger partial charge in [0.25, 0.3) is 5.88 Å². The number of halogens is 1. The molecule has 4 rings (SSSR count). The molecule has 30 heavy (non-hydrogen) atoms. The second-order valence-electron chi connectivity index (χ2n) is 7.26. The van der Waals surface area contributed by atoms with Crippen LogP contribution in [0.4, 0.5) is 11.4 Å². The molecule has 0 saturated heterocycles. The first-order valence-corrected chi connectivity index (χ1v) is 9.73. The van der Waals surface area contributed by atoms with Gasteiger partial charge in [0.05, 0.1) is 25.2 Å². The Morgan fingerprint density at radius 3 is 2.80 bits per heavy atom. The van der Waals surface area contributed by atoms with Crippen LogP contribution in [0.15, 0.2) is 36.0 Å². The molecule has 0 unspecified atom stereocenters. The number of nitrogens with zero attached hydrogens (tertiary/aromatic N) is 6. The topological polar surface area (TPSA) is 98.7 Å². The van der Waals surface area contributed by atoms with E-state index in [0.717, 1.165) is 0 Å². The monoisotopic (exact) mass is 431 g/mol. The molecular weight excluding hydrogens is 410 g/mol. The fraction of sp³-hybridized carbons (Fsp3) is 0.368. The van der Waals surface area contributed by atoms with E-state index in [1.165, 1.54) is 23.8 Å². The molecule has 1 aliphatic rings. The number of likely N-dealkylation sites (N-methyl/N-ethyl adjacent to an activating group) is 1. The molecule has 0 spiro atoms. The predicted molar refractivity (Wildman–Crippen MR) is 113 cm³/mol. The number of aromatic nitrogens is 5. The molecule has 1 N–H and O–H groups in total. The third-order valence-electron chi connectivity index (χ3n) is 5.45. The van der Waals surface area contributed by atoms with Crippen LogP contribution in [0.3, 0.4) is 0 Å². The first-order valence-electron chi connectivity index (χ1n) is 9.36. The summed E-state index contributed by atoms with van der Waals surface area (Å²) in [5.41, 5.74) is 1.35. The van der Waals surface area contributed by atoms with Crippen molar-refractivity contribution < 1.29 is 9.53 Å². The van der Waals surface area contributed by atoms with E-state index in [4.69, 9.17) is 16.3 Å². The molecule has 158 valence electrons. The van der Waals surface area contributed by atoms with Crippen LogP contribution in [0.25, 0.3) is 5.65 Å². The molecular formula is C19H22ClN7O3. The summed E-state index contributed by atoms with van der Waals surface area (Å²) in [6.45, 7) is 3.52. The van der Waals surface area contributed by atoms with Gasteiger partial charge in [0.1, 0.15) is 10.8 Å². The summed E-state index contributed by atoms with van der Waals surface area (Å²) in [6.07, 6.45) is 7.54. The van der Waals surface area contributed by atoms with Crippen LogP contribution >= 0.6 is 11.6 Å². The molecule has 3 aromatic heterocycles. The van der Waals surface area contributed by atoms with Crippen molar-refractivity contribution in [2.45, 2.75) is 24.9 Å². The van der Waals surface area contributed by atoms with Gasteiger partial charge in [-0.05, 0) is 18.9 Å². The third kappa shape index (κ3) is 3.22. The van der Waals surface area contributed by atoms with Crippen molar-refractivity contribution in [3.8, 4) is 5.88 Å². The van der Waals surface area contributed by atoms with Crippen molar-refractivity contribution >= 4 is 34.5 Å². The number of carbonyl (C=O) groups excluding carboxylic acids is 1. The molecule has 0 aromatic carbocycles. The van der Waals surface area contributed by atoms with Gasteiger partial charge < -0.3 is 15.0 Å². The quantitative estimate of drug-likeness (QED) is 0.599. The van der Waals surface area contributed by atoms with E-state index >= 15 is 0 Å². The second-order valence-corrected chi connectivity index (χ2v) is 7.64. The molecule has 0 bridgehead atoms. The van der Waals surface area contributed by atoms with Crippen LogP contribution in [0.2, 0.25) is 5.15 Å². The number of imidazole rings is 1. The van der Waals surface area contributed by atoms with Crippen LogP contribution in [0, 0.1) is 0 Å². The SMILES string of the molecule is C=CC(=O)N(C)C1CC(n2cc(Nc3cn(C)nc3OC)c3ncc(Cl)n3c2=O)C1. The number of amides is 1. The Morgan fingerprint density at radius 2 is 2.13 bits per heavy atom. The smallest absolute Gasteiger partial charge is 0.335 e. The Hall–Kier alpha value is -3.27. The second kappa shape index (κ2) is 7.52. The highest BCUT2D eigenvalue weighted by Crippen LogP contribution is 2.36. The average molecular weight is 432 g/mol. The molecule has 3 heterocycles. The van der Waals surface area contributed by atoms with Crippen molar-refractivity contribution in [1.82, 2.24) is 28.6 Å². The van der Waals surface area contributed by atoms with E-state index in [2.05, 4.69) is 22.0 Å². The summed E-state index contributed by atoms with van der Waals surface area (Å²) in [5.74, 6) is 0.282. The number of fused-ring (bicyclic) bond motifs is 1. The van der Waals surface area contributed by atoms with Crippen molar-refractivity contribution in [2.24, 2.45) is 7.05 Å². The molecule has 0 aliphatic heterocycles. The van der Waals surface area contributed by atoms with Crippen LogP contribution in [0.5, 0.6) is 5.88 Å². The van der Waals surface area contributed by atoms with E-state index in [9.17, 15) is 9.59 Å². The van der Waals surface area contributed by atoms with Gasteiger partial charge in [0, 0.05) is 32.4 Å². The van der Waals surface area contributed by atoms with Crippen molar-refractivity contribution in [2.75, 3.05) is 19.5 Å². The van der Waals surface area contributed by atoms with Crippen LogP contribution in [0.1, 0.15) is 18.9 Å². The Bertz CT molecular complexity index is 1190. The van der Waals surface area contributed by atoms with Crippen molar-refractivity contribution in [3.05, 3.63) is 46.9 Å². The van der Waals surface area contributed by atoms with E-state index in [0.29, 0.717) is 35.7 Å². The van der Waals surface area contributed by atoms with Gasteiger partial charge in [0.15, 0.2) is 5.65 Å². The lowest BCUT2D eigenvalue weighted by Gasteiger charge is -2.41. The van der Waals surface area contributed by atoms with Gasteiger partial charge in [-0.2, -0.15) is 0 Å². The molecule has 1 saturated carbocycles. The summed E-state index contributed by atoms with van der Waals surface area (Å²) >= 11 is 6.25.